The molecule has 0 bridgehead atoms. The highest BCUT2D eigenvalue weighted by molar-refractivity contribution is 7.19. The first-order valence-corrected chi connectivity index (χ1v) is 21.7. The van der Waals surface area contributed by atoms with Gasteiger partial charge in [0.2, 0.25) is 0 Å². The van der Waals surface area contributed by atoms with Gasteiger partial charge in [0.15, 0.2) is 23.3 Å². The van der Waals surface area contributed by atoms with Gasteiger partial charge in [-0.15, -0.1) is 22.7 Å². The zero-order valence-corrected chi connectivity index (χ0v) is 34.1. The van der Waals surface area contributed by atoms with Crippen LogP contribution in [0.1, 0.15) is 103 Å². The van der Waals surface area contributed by atoms with E-state index in [-0.39, 0.29) is 52.8 Å². The van der Waals surface area contributed by atoms with E-state index in [1.807, 2.05) is 0 Å². The minimum absolute atomic E-state index is 0.0419. The molecule has 3 heterocycles. The Morgan fingerprint density at radius 1 is 0.491 bits per heavy atom. The third kappa shape index (κ3) is 8.89. The van der Waals surface area contributed by atoms with Crippen molar-refractivity contribution in [3.63, 3.8) is 0 Å². The lowest BCUT2D eigenvalue weighted by atomic mass is 9.92. The van der Waals surface area contributed by atoms with Gasteiger partial charge in [-0.2, -0.15) is 8.75 Å². The van der Waals surface area contributed by atoms with Crippen molar-refractivity contribution in [3.05, 3.63) is 94.6 Å². The minimum atomic E-state index is -1.18. The Kier molecular flexibility index (Phi) is 13.9. The van der Waals surface area contributed by atoms with Crippen LogP contribution in [0.15, 0.2) is 48.5 Å². The maximum absolute atomic E-state index is 15.7. The van der Waals surface area contributed by atoms with Crippen molar-refractivity contribution in [2.75, 3.05) is 0 Å². The van der Waals surface area contributed by atoms with Crippen LogP contribution in [0.2, 0.25) is 0 Å². The zero-order valence-electron chi connectivity index (χ0n) is 31.6. The molecule has 6 aromatic rings. The van der Waals surface area contributed by atoms with Crippen molar-refractivity contribution in [1.82, 2.24) is 8.75 Å². The van der Waals surface area contributed by atoms with E-state index >= 15 is 26.3 Å². The smallest absolute Gasteiger partial charge is 0.178 e. The normalized spacial score (nSPS) is 12.9. The molecule has 0 N–H and O–H groups in total. The fourth-order valence-corrected chi connectivity index (χ4v) is 10.1. The fraction of sp³-hybridized carbons (Fsp3) is 0.409. The van der Waals surface area contributed by atoms with Crippen LogP contribution in [0.4, 0.5) is 26.3 Å². The number of rotatable bonds is 18. The number of hydrogen-bond donors (Lipinski definition) is 0. The van der Waals surface area contributed by atoms with E-state index in [4.69, 9.17) is 0 Å². The third-order valence-corrected chi connectivity index (χ3v) is 13.8. The van der Waals surface area contributed by atoms with Crippen LogP contribution in [0.5, 0.6) is 0 Å². The van der Waals surface area contributed by atoms with Crippen molar-refractivity contribution < 1.29 is 26.3 Å². The molecule has 0 saturated heterocycles. The molecule has 0 saturated carbocycles. The van der Waals surface area contributed by atoms with Gasteiger partial charge in [-0.1, -0.05) is 115 Å². The molecular formula is C44H46F6N2S3. The highest BCUT2D eigenvalue weighted by atomic mass is 32.1. The van der Waals surface area contributed by atoms with Crippen molar-refractivity contribution >= 4 is 45.4 Å². The maximum Gasteiger partial charge on any atom is 0.178 e. The van der Waals surface area contributed by atoms with Crippen molar-refractivity contribution in [3.8, 4) is 41.8 Å². The highest BCUT2D eigenvalue weighted by Gasteiger charge is 2.28. The molecule has 55 heavy (non-hydrogen) atoms. The van der Waals surface area contributed by atoms with E-state index in [1.165, 1.54) is 36.4 Å². The number of hydrogen-bond acceptors (Lipinski definition) is 5. The van der Waals surface area contributed by atoms with E-state index in [0.29, 0.717) is 24.7 Å². The largest absolute Gasteiger partial charge is 0.206 e. The van der Waals surface area contributed by atoms with E-state index in [2.05, 4.69) is 36.4 Å². The molecule has 0 aliphatic rings. The summed E-state index contributed by atoms with van der Waals surface area (Å²) in [6.45, 7) is 8.65. The van der Waals surface area contributed by atoms with Crippen LogP contribution in [-0.2, 0) is 12.8 Å². The second-order valence-corrected chi connectivity index (χ2v) is 17.0. The van der Waals surface area contributed by atoms with Gasteiger partial charge in [-0.3, -0.25) is 0 Å². The first kappa shape index (κ1) is 41.1. The van der Waals surface area contributed by atoms with Crippen LogP contribution in [0.25, 0.3) is 52.8 Å². The Morgan fingerprint density at radius 3 is 1.20 bits per heavy atom. The van der Waals surface area contributed by atoms with Crippen LogP contribution in [0, 0.1) is 46.7 Å². The van der Waals surface area contributed by atoms with E-state index in [1.54, 1.807) is 12.1 Å². The summed E-state index contributed by atoms with van der Waals surface area (Å²) in [6, 6.07) is 12.2. The summed E-state index contributed by atoms with van der Waals surface area (Å²) in [7, 11) is 0. The molecule has 3 aromatic carbocycles. The van der Waals surface area contributed by atoms with Gasteiger partial charge in [-0.25, -0.2) is 26.3 Å². The second-order valence-electron chi connectivity index (χ2n) is 14.4. The van der Waals surface area contributed by atoms with E-state index in [0.717, 1.165) is 110 Å². The molecule has 3 aromatic heterocycles. The van der Waals surface area contributed by atoms with Crippen LogP contribution in [-0.4, -0.2) is 8.75 Å². The molecule has 0 aliphatic carbocycles. The van der Waals surface area contributed by atoms with Gasteiger partial charge in [0.25, 0.3) is 0 Å². The number of benzene rings is 3. The van der Waals surface area contributed by atoms with Gasteiger partial charge in [0, 0.05) is 22.3 Å². The van der Waals surface area contributed by atoms with E-state index < -0.39 is 34.9 Å². The topological polar surface area (TPSA) is 25.8 Å². The van der Waals surface area contributed by atoms with Gasteiger partial charge in [0.1, 0.15) is 22.7 Å². The third-order valence-electron chi connectivity index (χ3n) is 10.8. The number of nitrogens with zero attached hydrogens (tertiary/aromatic N) is 2. The number of unbranched alkanes of at least 4 members (excludes halogenated alkanes) is 2. The Balaban J connectivity index is 1.27. The Morgan fingerprint density at radius 2 is 0.855 bits per heavy atom. The van der Waals surface area contributed by atoms with Gasteiger partial charge >= 0.3 is 0 Å². The molecule has 0 amide bonds. The average molecular weight is 813 g/mol. The summed E-state index contributed by atoms with van der Waals surface area (Å²) in [5, 5.41) is 0. The molecule has 2 nitrogen and oxygen atoms in total. The summed E-state index contributed by atoms with van der Waals surface area (Å²) >= 11 is 2.30. The summed E-state index contributed by atoms with van der Waals surface area (Å²) < 4.78 is 102. The van der Waals surface area contributed by atoms with Crippen LogP contribution in [0.3, 0.4) is 0 Å². The quantitative estimate of drug-likeness (QED) is 0.0808. The maximum atomic E-state index is 15.7. The van der Waals surface area contributed by atoms with Crippen molar-refractivity contribution in [1.29, 1.82) is 0 Å². The zero-order chi connectivity index (χ0) is 39.2. The lowest BCUT2D eigenvalue weighted by Crippen LogP contribution is -2.01. The molecule has 2 atom stereocenters. The number of fused-ring (bicyclic) bond motifs is 1. The second kappa shape index (κ2) is 18.6. The van der Waals surface area contributed by atoms with Gasteiger partial charge < -0.3 is 0 Å². The van der Waals surface area contributed by atoms with Crippen molar-refractivity contribution in [2.24, 2.45) is 11.8 Å². The Bertz CT molecular complexity index is 2080. The highest BCUT2D eigenvalue weighted by Crippen LogP contribution is 2.47. The summed E-state index contributed by atoms with van der Waals surface area (Å²) in [5.41, 5.74) is 2.22. The van der Waals surface area contributed by atoms with E-state index in [9.17, 15) is 0 Å². The molecule has 0 aliphatic heterocycles. The molecule has 0 spiro atoms. The van der Waals surface area contributed by atoms with Crippen LogP contribution >= 0.6 is 34.4 Å². The number of halogens is 6. The summed E-state index contributed by atoms with van der Waals surface area (Å²) in [5.74, 6) is -4.83. The minimum Gasteiger partial charge on any atom is -0.206 e. The average Bonchev–Trinajstić information content (AvgIpc) is 3.88. The molecule has 0 fully saturated rings. The predicted octanol–water partition coefficient (Wildman–Crippen LogP) is 15.6. The number of thiophene rings is 2. The molecule has 6 rings (SSSR count). The number of aryl methyl sites for hydroxylation is 2. The van der Waals surface area contributed by atoms with Gasteiger partial charge in [0.05, 0.1) is 31.2 Å². The predicted molar refractivity (Wildman–Crippen MR) is 218 cm³/mol. The number of aromatic nitrogens is 2. The van der Waals surface area contributed by atoms with Crippen molar-refractivity contribution in [2.45, 2.75) is 105 Å². The standard InChI is InChI=1S/C44H46F6N2S3/c1-5-9-11-25(7-3)13-15-27-17-19-29(33(45)23-27)41-35(47)37(49)43(53-41)31-21-22-32(40-39(31)51-55-52-40)44-38(50)36(48)42(54-44)30-20-18-28(24-34(30)46)16-14-26(8-4)12-10-6-2/h17-26H,5-16H2,1-4H3. The summed E-state index contributed by atoms with van der Waals surface area (Å²) in [4.78, 5) is -0.592. The lowest BCUT2D eigenvalue weighted by Gasteiger charge is -2.14. The Hall–Kier alpha value is -3.54. The molecule has 11 heteroatoms. The molecule has 0 radical (unpaired) electrons. The summed E-state index contributed by atoms with van der Waals surface area (Å²) in [6.07, 6.45) is 12.2. The van der Waals surface area contributed by atoms with Gasteiger partial charge in [-0.05, 0) is 60.8 Å². The lowest BCUT2D eigenvalue weighted by molar-refractivity contribution is 0.421. The molecular weight excluding hydrogens is 767 g/mol. The first-order valence-electron chi connectivity index (χ1n) is 19.4. The first-order chi connectivity index (χ1) is 26.6. The Labute approximate surface area is 332 Å². The molecule has 292 valence electrons. The fourth-order valence-electron chi connectivity index (χ4n) is 7.34. The van der Waals surface area contributed by atoms with Crippen LogP contribution < -0.4 is 0 Å². The monoisotopic (exact) mass is 812 g/mol. The SMILES string of the molecule is CCCCC(CC)CCc1ccc(-c2sc(-c3ccc(-c4sc(-c5ccc(CCC(CC)CCCC)cc5F)c(F)c4F)c4nsnc34)c(F)c2F)c(F)c1. The molecule has 2 unspecified atom stereocenters.